The third-order valence-corrected chi connectivity index (χ3v) is 3.42. The zero-order valence-electron chi connectivity index (χ0n) is 12.1. The standard InChI is InChI=1S/C12H28N4O4/c17-19-11-9-15-5-3-13-1-2-14-4-6-16(8-7-15)10-12-20-18/h13-14,17-18H,1-12H2. The van der Waals surface area contributed by atoms with Crippen molar-refractivity contribution in [1.29, 1.82) is 0 Å². The first kappa shape index (κ1) is 17.7. The second-order valence-electron chi connectivity index (χ2n) is 4.85. The minimum Gasteiger partial charge on any atom is -0.314 e. The minimum atomic E-state index is 0.321. The highest BCUT2D eigenvalue weighted by atomic mass is 17.1. The molecule has 1 fully saturated rings. The summed E-state index contributed by atoms with van der Waals surface area (Å²) in [6, 6.07) is 0. The van der Waals surface area contributed by atoms with Crippen molar-refractivity contribution in [3.8, 4) is 0 Å². The monoisotopic (exact) mass is 292 g/mol. The van der Waals surface area contributed by atoms with Crippen molar-refractivity contribution < 1.29 is 20.3 Å². The molecule has 8 heteroatoms. The normalized spacial score (nSPS) is 21.3. The van der Waals surface area contributed by atoms with E-state index in [1.807, 2.05) is 0 Å². The molecule has 1 saturated heterocycles. The first-order valence-corrected chi connectivity index (χ1v) is 7.25. The summed E-state index contributed by atoms with van der Waals surface area (Å²) in [6.45, 7) is 9.45. The van der Waals surface area contributed by atoms with Crippen LogP contribution >= 0.6 is 0 Å². The van der Waals surface area contributed by atoms with E-state index < -0.39 is 0 Å². The van der Waals surface area contributed by atoms with E-state index >= 15 is 0 Å². The summed E-state index contributed by atoms with van der Waals surface area (Å²) in [7, 11) is 0. The number of nitrogens with one attached hydrogen (secondary N) is 2. The number of hydrogen-bond donors (Lipinski definition) is 4. The van der Waals surface area contributed by atoms with Crippen LogP contribution in [0.2, 0.25) is 0 Å². The Bertz CT molecular complexity index is 202. The first-order valence-electron chi connectivity index (χ1n) is 7.25. The lowest BCUT2D eigenvalue weighted by atomic mass is 10.3. The molecule has 8 nitrogen and oxygen atoms in total. The summed E-state index contributed by atoms with van der Waals surface area (Å²) in [6.07, 6.45) is 0. The Labute approximate surface area is 120 Å². The van der Waals surface area contributed by atoms with Crippen LogP contribution < -0.4 is 10.6 Å². The molecule has 0 aliphatic carbocycles. The predicted octanol–water partition coefficient (Wildman–Crippen LogP) is -1.24. The zero-order valence-corrected chi connectivity index (χ0v) is 12.1. The van der Waals surface area contributed by atoms with Crippen LogP contribution in [0.25, 0.3) is 0 Å². The zero-order chi connectivity index (χ0) is 14.5. The maximum absolute atomic E-state index is 8.47. The molecule has 1 heterocycles. The molecule has 1 aliphatic heterocycles. The third-order valence-electron chi connectivity index (χ3n) is 3.42. The van der Waals surface area contributed by atoms with Crippen molar-refractivity contribution in [3.63, 3.8) is 0 Å². The summed E-state index contributed by atoms with van der Waals surface area (Å²) in [5.41, 5.74) is 0. The van der Waals surface area contributed by atoms with Crippen molar-refractivity contribution in [2.75, 3.05) is 78.7 Å². The van der Waals surface area contributed by atoms with Gasteiger partial charge in [-0.15, -0.1) is 0 Å². The van der Waals surface area contributed by atoms with Crippen LogP contribution in [0.3, 0.4) is 0 Å². The minimum absolute atomic E-state index is 0.321. The van der Waals surface area contributed by atoms with Crippen LogP contribution in [0.15, 0.2) is 0 Å². The Kier molecular flexibility index (Phi) is 11.0. The molecule has 0 spiro atoms. The van der Waals surface area contributed by atoms with Crippen LogP contribution in [0.4, 0.5) is 0 Å². The molecule has 1 rings (SSSR count). The molecule has 0 aromatic rings. The van der Waals surface area contributed by atoms with E-state index in [4.69, 9.17) is 10.5 Å². The van der Waals surface area contributed by atoms with E-state index in [0.29, 0.717) is 26.3 Å². The highest BCUT2D eigenvalue weighted by molar-refractivity contribution is 4.67. The highest BCUT2D eigenvalue weighted by Crippen LogP contribution is 1.94. The summed E-state index contributed by atoms with van der Waals surface area (Å²) < 4.78 is 0. The largest absolute Gasteiger partial charge is 0.314 e. The number of rotatable bonds is 6. The quantitative estimate of drug-likeness (QED) is 0.357. The summed E-state index contributed by atoms with van der Waals surface area (Å²) in [5.74, 6) is 0. The molecule has 0 unspecified atom stereocenters. The molecule has 0 aromatic heterocycles. The fraction of sp³-hybridized carbons (Fsp3) is 1.00. The molecule has 0 amide bonds. The second kappa shape index (κ2) is 12.4. The Balaban J connectivity index is 2.39. The van der Waals surface area contributed by atoms with Crippen molar-refractivity contribution >= 4 is 0 Å². The molecule has 1 aliphatic rings. The topological polar surface area (TPSA) is 89.5 Å². The van der Waals surface area contributed by atoms with Crippen molar-refractivity contribution in [3.05, 3.63) is 0 Å². The molecule has 120 valence electrons. The van der Waals surface area contributed by atoms with Crippen molar-refractivity contribution in [2.24, 2.45) is 0 Å². The summed E-state index contributed by atoms with van der Waals surface area (Å²) >= 11 is 0. The molecule has 0 bridgehead atoms. The second-order valence-corrected chi connectivity index (χ2v) is 4.85. The molecule has 0 saturated carbocycles. The van der Waals surface area contributed by atoms with Gasteiger partial charge in [-0.1, -0.05) is 0 Å². The fourth-order valence-electron chi connectivity index (χ4n) is 2.19. The third kappa shape index (κ3) is 8.77. The van der Waals surface area contributed by atoms with Crippen LogP contribution in [0.1, 0.15) is 0 Å². The summed E-state index contributed by atoms with van der Waals surface area (Å²) in [5, 5.41) is 23.7. The van der Waals surface area contributed by atoms with E-state index in [1.165, 1.54) is 0 Å². The average molecular weight is 292 g/mol. The van der Waals surface area contributed by atoms with Gasteiger partial charge in [0.2, 0.25) is 0 Å². The highest BCUT2D eigenvalue weighted by Gasteiger charge is 2.10. The van der Waals surface area contributed by atoms with Gasteiger partial charge in [-0.25, -0.2) is 9.78 Å². The van der Waals surface area contributed by atoms with Crippen LogP contribution in [0.5, 0.6) is 0 Å². The molecule has 20 heavy (non-hydrogen) atoms. The van der Waals surface area contributed by atoms with E-state index in [-0.39, 0.29) is 0 Å². The van der Waals surface area contributed by atoms with E-state index in [2.05, 4.69) is 30.2 Å². The SMILES string of the molecule is OOCCN1CCNCCNCCN(CCOO)CC1. The predicted molar refractivity (Wildman–Crippen MR) is 75.8 cm³/mol. The van der Waals surface area contributed by atoms with Gasteiger partial charge in [-0.05, 0) is 0 Å². The average Bonchev–Trinajstić information content (AvgIpc) is 2.46. The first-order chi connectivity index (χ1) is 9.86. The Morgan fingerprint density at radius 1 is 0.700 bits per heavy atom. The molecule has 0 radical (unpaired) electrons. The number of nitrogens with zero attached hydrogens (tertiary/aromatic N) is 2. The van der Waals surface area contributed by atoms with Gasteiger partial charge in [0.25, 0.3) is 0 Å². The molecular formula is C12H28N4O4. The lowest BCUT2D eigenvalue weighted by Crippen LogP contribution is -2.44. The molecule has 4 N–H and O–H groups in total. The van der Waals surface area contributed by atoms with Gasteiger partial charge in [0.15, 0.2) is 0 Å². The van der Waals surface area contributed by atoms with Crippen LogP contribution in [-0.2, 0) is 9.78 Å². The Hall–Kier alpha value is -0.320. The van der Waals surface area contributed by atoms with E-state index in [1.54, 1.807) is 0 Å². The molecule has 0 atom stereocenters. The van der Waals surface area contributed by atoms with Gasteiger partial charge in [0.05, 0.1) is 13.2 Å². The van der Waals surface area contributed by atoms with Crippen molar-refractivity contribution in [2.45, 2.75) is 0 Å². The van der Waals surface area contributed by atoms with Gasteiger partial charge in [0, 0.05) is 65.4 Å². The lowest BCUT2D eigenvalue weighted by molar-refractivity contribution is -0.245. The number of hydrogen-bond acceptors (Lipinski definition) is 8. The van der Waals surface area contributed by atoms with Crippen LogP contribution in [-0.4, -0.2) is 99.0 Å². The maximum Gasteiger partial charge on any atom is 0.0946 e. The fourth-order valence-corrected chi connectivity index (χ4v) is 2.19. The van der Waals surface area contributed by atoms with Crippen LogP contribution in [0, 0.1) is 0 Å². The molecule has 0 aromatic carbocycles. The summed E-state index contributed by atoms with van der Waals surface area (Å²) in [4.78, 5) is 12.9. The smallest absolute Gasteiger partial charge is 0.0946 e. The van der Waals surface area contributed by atoms with Gasteiger partial charge < -0.3 is 10.6 Å². The van der Waals surface area contributed by atoms with E-state index in [9.17, 15) is 0 Å². The van der Waals surface area contributed by atoms with Gasteiger partial charge in [-0.2, -0.15) is 0 Å². The van der Waals surface area contributed by atoms with Gasteiger partial charge in [-0.3, -0.25) is 20.3 Å². The Morgan fingerprint density at radius 3 is 1.55 bits per heavy atom. The Morgan fingerprint density at radius 2 is 1.15 bits per heavy atom. The molecular weight excluding hydrogens is 264 g/mol. The maximum atomic E-state index is 8.47. The lowest BCUT2D eigenvalue weighted by Gasteiger charge is -2.28. The van der Waals surface area contributed by atoms with Crippen molar-refractivity contribution in [1.82, 2.24) is 20.4 Å². The van der Waals surface area contributed by atoms with Gasteiger partial charge >= 0.3 is 0 Å². The van der Waals surface area contributed by atoms with E-state index in [0.717, 1.165) is 52.4 Å². The van der Waals surface area contributed by atoms with Gasteiger partial charge in [0.1, 0.15) is 0 Å².